The van der Waals surface area contributed by atoms with E-state index in [-0.39, 0.29) is 11.2 Å². The van der Waals surface area contributed by atoms with E-state index in [1.165, 1.54) is 12.1 Å². The van der Waals surface area contributed by atoms with E-state index in [1.54, 1.807) is 0 Å². The summed E-state index contributed by atoms with van der Waals surface area (Å²) in [5.74, 6) is 0.150. The van der Waals surface area contributed by atoms with Gasteiger partial charge in [0.15, 0.2) is 0 Å². The molecule has 0 amide bonds. The first-order valence-corrected chi connectivity index (χ1v) is 6.44. The highest BCUT2D eigenvalue weighted by Gasteiger charge is 2.36. The molecule has 1 aliphatic carbocycles. The van der Waals surface area contributed by atoms with Gasteiger partial charge in [-0.05, 0) is 44.6 Å². The summed E-state index contributed by atoms with van der Waals surface area (Å²) in [5.41, 5.74) is 1.16. The van der Waals surface area contributed by atoms with Gasteiger partial charge in [-0.2, -0.15) is 0 Å². The predicted octanol–water partition coefficient (Wildman–Crippen LogP) is 2.77. The lowest BCUT2D eigenvalue weighted by atomic mass is 9.69. The smallest absolute Gasteiger partial charge is 0.132 e. The standard InChI is InChI=1S/C15H20FNO/c1-17(2)11-15(9-7-14(18)8-10-15)12-3-5-13(16)6-4-12/h3-6H,7-11H2,1-2H3. The number of nitrogens with zero attached hydrogens (tertiary/aromatic N) is 1. The molecule has 1 saturated carbocycles. The molecule has 2 rings (SSSR count). The molecule has 98 valence electrons. The van der Waals surface area contributed by atoms with Crippen LogP contribution in [0.4, 0.5) is 4.39 Å². The van der Waals surface area contributed by atoms with Crippen molar-refractivity contribution in [2.24, 2.45) is 0 Å². The Kier molecular flexibility index (Phi) is 3.81. The van der Waals surface area contributed by atoms with Crippen LogP contribution in [0.25, 0.3) is 0 Å². The van der Waals surface area contributed by atoms with E-state index in [0.717, 1.165) is 24.9 Å². The fourth-order valence-corrected chi connectivity index (χ4v) is 2.95. The molecule has 3 heteroatoms. The molecular weight excluding hydrogens is 229 g/mol. The SMILES string of the molecule is CN(C)CC1(c2ccc(F)cc2)CCC(=O)CC1. The highest BCUT2D eigenvalue weighted by molar-refractivity contribution is 5.79. The fourth-order valence-electron chi connectivity index (χ4n) is 2.95. The monoisotopic (exact) mass is 249 g/mol. The molecule has 0 bridgehead atoms. The Morgan fingerprint density at radius 1 is 1.17 bits per heavy atom. The summed E-state index contributed by atoms with van der Waals surface area (Å²) >= 11 is 0. The van der Waals surface area contributed by atoms with E-state index < -0.39 is 0 Å². The van der Waals surface area contributed by atoms with Gasteiger partial charge in [0.2, 0.25) is 0 Å². The second-order valence-corrected chi connectivity index (χ2v) is 5.56. The molecular formula is C15H20FNO. The number of rotatable bonds is 3. The number of benzene rings is 1. The van der Waals surface area contributed by atoms with Gasteiger partial charge in [0, 0.05) is 24.8 Å². The number of likely N-dealkylation sites (N-methyl/N-ethyl adjacent to an activating group) is 1. The van der Waals surface area contributed by atoms with Crippen molar-refractivity contribution >= 4 is 5.78 Å². The lowest BCUT2D eigenvalue weighted by molar-refractivity contribution is -0.121. The van der Waals surface area contributed by atoms with Crippen LogP contribution in [-0.4, -0.2) is 31.3 Å². The molecule has 0 atom stereocenters. The minimum absolute atomic E-state index is 0.00507. The van der Waals surface area contributed by atoms with Crippen molar-refractivity contribution in [3.05, 3.63) is 35.6 Å². The normalized spacial score (nSPS) is 19.2. The maximum atomic E-state index is 13.0. The van der Waals surface area contributed by atoms with Gasteiger partial charge in [0.25, 0.3) is 0 Å². The largest absolute Gasteiger partial charge is 0.309 e. The minimum Gasteiger partial charge on any atom is -0.309 e. The molecule has 1 aromatic carbocycles. The minimum atomic E-state index is -0.203. The zero-order chi connectivity index (χ0) is 13.2. The van der Waals surface area contributed by atoms with Crippen LogP contribution in [0.1, 0.15) is 31.2 Å². The number of carbonyl (C=O) groups excluding carboxylic acids is 1. The third kappa shape index (κ3) is 2.78. The number of Topliss-reactive ketones (excluding diaryl/α,β-unsaturated/α-hetero) is 1. The topological polar surface area (TPSA) is 20.3 Å². The molecule has 0 unspecified atom stereocenters. The van der Waals surface area contributed by atoms with Crippen LogP contribution in [0.15, 0.2) is 24.3 Å². The maximum Gasteiger partial charge on any atom is 0.132 e. The molecule has 0 saturated heterocycles. The number of ketones is 1. The van der Waals surface area contributed by atoms with E-state index in [2.05, 4.69) is 4.90 Å². The highest BCUT2D eigenvalue weighted by Crippen LogP contribution is 2.38. The number of hydrogen-bond acceptors (Lipinski definition) is 2. The summed E-state index contributed by atoms with van der Waals surface area (Å²) in [4.78, 5) is 13.6. The molecule has 0 spiro atoms. The molecule has 1 fully saturated rings. The average molecular weight is 249 g/mol. The molecule has 0 radical (unpaired) electrons. The van der Waals surface area contributed by atoms with Gasteiger partial charge in [0.1, 0.15) is 11.6 Å². The zero-order valence-electron chi connectivity index (χ0n) is 11.1. The molecule has 0 heterocycles. The Morgan fingerprint density at radius 3 is 2.22 bits per heavy atom. The van der Waals surface area contributed by atoms with Gasteiger partial charge in [-0.25, -0.2) is 4.39 Å². The lowest BCUT2D eigenvalue weighted by Gasteiger charge is -2.39. The first-order chi connectivity index (χ1) is 8.52. The Bertz CT molecular complexity index is 415. The number of halogens is 1. The van der Waals surface area contributed by atoms with Crippen molar-refractivity contribution in [3.8, 4) is 0 Å². The number of carbonyl (C=O) groups is 1. The molecule has 0 aliphatic heterocycles. The summed E-state index contributed by atoms with van der Waals surface area (Å²) < 4.78 is 13.0. The second kappa shape index (κ2) is 5.19. The van der Waals surface area contributed by atoms with Crippen molar-refractivity contribution < 1.29 is 9.18 Å². The third-order valence-electron chi connectivity index (χ3n) is 3.84. The van der Waals surface area contributed by atoms with Crippen LogP contribution in [0.3, 0.4) is 0 Å². The summed E-state index contributed by atoms with van der Waals surface area (Å²) in [5, 5.41) is 0. The average Bonchev–Trinajstić information content (AvgIpc) is 2.33. The first kappa shape index (κ1) is 13.2. The van der Waals surface area contributed by atoms with Crippen LogP contribution in [0.2, 0.25) is 0 Å². The van der Waals surface area contributed by atoms with Crippen molar-refractivity contribution in [1.29, 1.82) is 0 Å². The zero-order valence-corrected chi connectivity index (χ0v) is 11.1. The third-order valence-corrected chi connectivity index (χ3v) is 3.84. The molecule has 1 aliphatic rings. The van der Waals surface area contributed by atoms with Crippen LogP contribution in [0, 0.1) is 5.82 Å². The van der Waals surface area contributed by atoms with E-state index in [4.69, 9.17) is 0 Å². The molecule has 2 nitrogen and oxygen atoms in total. The Balaban J connectivity index is 2.29. The van der Waals surface area contributed by atoms with Gasteiger partial charge >= 0.3 is 0 Å². The molecule has 18 heavy (non-hydrogen) atoms. The van der Waals surface area contributed by atoms with E-state index in [0.29, 0.717) is 18.6 Å². The van der Waals surface area contributed by atoms with Gasteiger partial charge in [-0.1, -0.05) is 12.1 Å². The first-order valence-electron chi connectivity index (χ1n) is 6.44. The maximum absolute atomic E-state index is 13.0. The lowest BCUT2D eigenvalue weighted by Crippen LogP contribution is -2.41. The molecule has 1 aromatic rings. The Hall–Kier alpha value is -1.22. The van der Waals surface area contributed by atoms with Crippen molar-refractivity contribution in [1.82, 2.24) is 4.90 Å². The van der Waals surface area contributed by atoms with E-state index in [9.17, 15) is 9.18 Å². The Labute approximate surface area is 108 Å². The van der Waals surface area contributed by atoms with Crippen LogP contribution in [0.5, 0.6) is 0 Å². The predicted molar refractivity (Wildman–Crippen MR) is 70.1 cm³/mol. The second-order valence-electron chi connectivity index (χ2n) is 5.56. The number of hydrogen-bond donors (Lipinski definition) is 0. The van der Waals surface area contributed by atoms with Crippen LogP contribution in [-0.2, 0) is 10.2 Å². The molecule has 0 N–H and O–H groups in total. The van der Waals surface area contributed by atoms with Gasteiger partial charge in [0.05, 0.1) is 0 Å². The van der Waals surface area contributed by atoms with Crippen LogP contribution < -0.4 is 0 Å². The summed E-state index contributed by atoms with van der Waals surface area (Å²) in [7, 11) is 4.09. The van der Waals surface area contributed by atoms with Gasteiger partial charge in [-0.3, -0.25) is 4.79 Å². The quantitative estimate of drug-likeness (QED) is 0.821. The van der Waals surface area contributed by atoms with E-state index in [1.807, 2.05) is 26.2 Å². The van der Waals surface area contributed by atoms with Gasteiger partial charge in [-0.15, -0.1) is 0 Å². The summed E-state index contributed by atoms with van der Waals surface area (Å²) in [6, 6.07) is 6.77. The van der Waals surface area contributed by atoms with Crippen molar-refractivity contribution in [2.45, 2.75) is 31.1 Å². The summed E-state index contributed by atoms with van der Waals surface area (Å²) in [6.45, 7) is 0.909. The summed E-state index contributed by atoms with van der Waals surface area (Å²) in [6.07, 6.45) is 3.03. The van der Waals surface area contributed by atoms with E-state index >= 15 is 0 Å². The van der Waals surface area contributed by atoms with Gasteiger partial charge < -0.3 is 4.90 Å². The van der Waals surface area contributed by atoms with Crippen molar-refractivity contribution in [2.75, 3.05) is 20.6 Å². The Morgan fingerprint density at radius 2 is 1.72 bits per heavy atom. The highest BCUT2D eigenvalue weighted by atomic mass is 19.1. The van der Waals surface area contributed by atoms with Crippen LogP contribution >= 0.6 is 0 Å². The fraction of sp³-hybridized carbons (Fsp3) is 0.533. The van der Waals surface area contributed by atoms with Crippen molar-refractivity contribution in [3.63, 3.8) is 0 Å². The molecule has 0 aromatic heterocycles.